The van der Waals surface area contributed by atoms with Crippen molar-refractivity contribution in [2.24, 2.45) is 17.8 Å². The molecule has 0 aromatic carbocycles. The van der Waals surface area contributed by atoms with Crippen molar-refractivity contribution in [1.82, 2.24) is 10.2 Å². The van der Waals surface area contributed by atoms with Crippen molar-refractivity contribution in [2.75, 3.05) is 0 Å². The molecular weight excluding hydrogens is 272 g/mol. The van der Waals surface area contributed by atoms with E-state index in [1.165, 1.54) is 51.4 Å². The second-order valence-electron chi connectivity index (χ2n) is 7.64. The summed E-state index contributed by atoms with van der Waals surface area (Å²) in [5.41, 5.74) is 1.66. The second kappa shape index (κ2) is 6.97. The maximum Gasteiger partial charge on any atom is 0.219 e. The number of nitrogens with zero attached hydrogens (tertiary/aromatic N) is 2. The molecule has 1 aromatic heterocycles. The molecule has 2 aliphatic rings. The Labute approximate surface area is 134 Å². The molecule has 3 heteroatoms. The summed E-state index contributed by atoms with van der Waals surface area (Å²) in [5.74, 6) is 4.60. The largest absolute Gasteiger partial charge is 0.425 e. The highest BCUT2D eigenvalue weighted by Gasteiger charge is 2.26. The molecule has 0 spiro atoms. The molecular formula is C19H30N2O. The van der Waals surface area contributed by atoms with E-state index in [9.17, 15) is 0 Å². The Morgan fingerprint density at radius 2 is 1.68 bits per heavy atom. The predicted octanol–water partition coefficient (Wildman–Crippen LogP) is 5.42. The van der Waals surface area contributed by atoms with Crippen molar-refractivity contribution in [1.29, 1.82) is 0 Å². The van der Waals surface area contributed by atoms with Crippen molar-refractivity contribution in [2.45, 2.75) is 78.1 Å². The third kappa shape index (κ3) is 3.80. The van der Waals surface area contributed by atoms with Crippen molar-refractivity contribution in [3.05, 3.63) is 23.4 Å². The zero-order valence-electron chi connectivity index (χ0n) is 14.3. The SMILES string of the molecule is CC(=CC1CCC(c2nnc(C)o2)CC1)C1CCC(C)CC1. The van der Waals surface area contributed by atoms with E-state index in [2.05, 4.69) is 30.1 Å². The van der Waals surface area contributed by atoms with Gasteiger partial charge in [-0.15, -0.1) is 10.2 Å². The van der Waals surface area contributed by atoms with Crippen LogP contribution in [0.2, 0.25) is 0 Å². The molecule has 2 saturated carbocycles. The monoisotopic (exact) mass is 302 g/mol. The van der Waals surface area contributed by atoms with E-state index in [0.29, 0.717) is 11.8 Å². The standard InChI is InChI=1S/C19H30N2O/c1-13-4-8-17(9-5-13)14(2)12-16-6-10-18(11-7-16)19-21-20-15(3)22-19/h12-13,16-18H,4-11H2,1-3H3. The van der Waals surface area contributed by atoms with E-state index in [0.717, 1.165) is 23.6 Å². The van der Waals surface area contributed by atoms with Crippen molar-refractivity contribution < 1.29 is 4.42 Å². The van der Waals surface area contributed by atoms with Crippen molar-refractivity contribution in [3.63, 3.8) is 0 Å². The van der Waals surface area contributed by atoms with Crippen LogP contribution in [0.25, 0.3) is 0 Å². The minimum absolute atomic E-state index is 0.488. The lowest BCUT2D eigenvalue weighted by atomic mass is 9.76. The molecule has 1 heterocycles. The Morgan fingerprint density at radius 3 is 2.27 bits per heavy atom. The maximum absolute atomic E-state index is 5.61. The van der Waals surface area contributed by atoms with Gasteiger partial charge in [0.25, 0.3) is 0 Å². The fourth-order valence-electron chi connectivity index (χ4n) is 4.23. The van der Waals surface area contributed by atoms with Gasteiger partial charge in [0, 0.05) is 12.8 Å². The van der Waals surface area contributed by atoms with Gasteiger partial charge in [-0.2, -0.15) is 0 Å². The van der Waals surface area contributed by atoms with Gasteiger partial charge in [-0.05, 0) is 63.2 Å². The average molecular weight is 302 g/mol. The topological polar surface area (TPSA) is 38.9 Å². The van der Waals surface area contributed by atoms with Gasteiger partial charge < -0.3 is 4.42 Å². The van der Waals surface area contributed by atoms with E-state index < -0.39 is 0 Å². The van der Waals surface area contributed by atoms with Gasteiger partial charge in [0.15, 0.2) is 0 Å². The Morgan fingerprint density at radius 1 is 1.00 bits per heavy atom. The van der Waals surface area contributed by atoms with Crippen LogP contribution >= 0.6 is 0 Å². The number of hydrogen-bond acceptors (Lipinski definition) is 3. The van der Waals surface area contributed by atoms with E-state index in [4.69, 9.17) is 4.42 Å². The molecule has 1 aromatic rings. The van der Waals surface area contributed by atoms with Gasteiger partial charge in [0.05, 0.1) is 0 Å². The molecule has 3 rings (SSSR count). The summed E-state index contributed by atoms with van der Waals surface area (Å²) in [5, 5.41) is 8.17. The summed E-state index contributed by atoms with van der Waals surface area (Å²) in [4.78, 5) is 0. The highest BCUT2D eigenvalue weighted by molar-refractivity contribution is 5.08. The fourth-order valence-corrected chi connectivity index (χ4v) is 4.23. The van der Waals surface area contributed by atoms with Gasteiger partial charge in [-0.3, -0.25) is 0 Å². The zero-order valence-corrected chi connectivity index (χ0v) is 14.3. The molecule has 0 unspecified atom stereocenters. The Balaban J connectivity index is 1.51. The van der Waals surface area contributed by atoms with E-state index >= 15 is 0 Å². The quantitative estimate of drug-likeness (QED) is 0.699. The van der Waals surface area contributed by atoms with Crippen LogP contribution in [0.4, 0.5) is 0 Å². The first-order valence-corrected chi connectivity index (χ1v) is 9.10. The Bertz CT molecular complexity index is 503. The molecule has 0 N–H and O–H groups in total. The highest BCUT2D eigenvalue weighted by atomic mass is 16.4. The van der Waals surface area contributed by atoms with Crippen LogP contribution in [0.1, 0.15) is 82.9 Å². The zero-order chi connectivity index (χ0) is 15.5. The molecule has 0 amide bonds. The molecule has 0 radical (unpaired) electrons. The van der Waals surface area contributed by atoms with Crippen LogP contribution in [0.15, 0.2) is 16.1 Å². The molecule has 0 aliphatic heterocycles. The lowest BCUT2D eigenvalue weighted by molar-refractivity contribution is 0.307. The number of hydrogen-bond donors (Lipinski definition) is 0. The molecule has 0 saturated heterocycles. The molecule has 2 fully saturated rings. The third-order valence-electron chi connectivity index (χ3n) is 5.82. The van der Waals surface area contributed by atoms with Crippen LogP contribution in [-0.4, -0.2) is 10.2 Å². The average Bonchev–Trinajstić information content (AvgIpc) is 2.95. The molecule has 3 nitrogen and oxygen atoms in total. The van der Waals surface area contributed by atoms with Crippen LogP contribution < -0.4 is 0 Å². The summed E-state index contributed by atoms with van der Waals surface area (Å²) in [6.07, 6.45) is 13.2. The molecule has 0 bridgehead atoms. The Kier molecular flexibility index (Phi) is 5.00. The molecule has 0 atom stereocenters. The fraction of sp³-hybridized carbons (Fsp3) is 0.789. The van der Waals surface area contributed by atoms with Crippen molar-refractivity contribution in [3.8, 4) is 0 Å². The maximum atomic E-state index is 5.61. The summed E-state index contributed by atoms with van der Waals surface area (Å²) in [7, 11) is 0. The summed E-state index contributed by atoms with van der Waals surface area (Å²) >= 11 is 0. The number of allylic oxidation sites excluding steroid dienone is 2. The number of aromatic nitrogens is 2. The molecule has 22 heavy (non-hydrogen) atoms. The van der Waals surface area contributed by atoms with Gasteiger partial charge in [-0.25, -0.2) is 0 Å². The minimum atomic E-state index is 0.488. The van der Waals surface area contributed by atoms with Crippen LogP contribution in [-0.2, 0) is 0 Å². The number of aryl methyl sites for hydroxylation is 1. The van der Waals surface area contributed by atoms with Crippen LogP contribution in [0.3, 0.4) is 0 Å². The lowest BCUT2D eigenvalue weighted by Gasteiger charge is -2.29. The summed E-state index contributed by atoms with van der Waals surface area (Å²) in [6.45, 7) is 6.64. The van der Waals surface area contributed by atoms with Crippen LogP contribution in [0, 0.1) is 24.7 Å². The molecule has 122 valence electrons. The molecule has 2 aliphatic carbocycles. The van der Waals surface area contributed by atoms with Gasteiger partial charge in [-0.1, -0.05) is 31.4 Å². The smallest absolute Gasteiger partial charge is 0.219 e. The number of rotatable bonds is 3. The van der Waals surface area contributed by atoms with Crippen LogP contribution in [0.5, 0.6) is 0 Å². The first-order valence-electron chi connectivity index (χ1n) is 9.10. The highest BCUT2D eigenvalue weighted by Crippen LogP contribution is 2.38. The minimum Gasteiger partial charge on any atom is -0.425 e. The van der Waals surface area contributed by atoms with Gasteiger partial charge in [0.2, 0.25) is 11.8 Å². The van der Waals surface area contributed by atoms with E-state index in [1.807, 2.05) is 6.92 Å². The van der Waals surface area contributed by atoms with Gasteiger partial charge in [0.1, 0.15) is 0 Å². The van der Waals surface area contributed by atoms with Crippen molar-refractivity contribution >= 4 is 0 Å². The van der Waals surface area contributed by atoms with E-state index in [-0.39, 0.29) is 0 Å². The lowest BCUT2D eigenvalue weighted by Crippen LogP contribution is -2.16. The Hall–Kier alpha value is -1.12. The van der Waals surface area contributed by atoms with Gasteiger partial charge >= 0.3 is 0 Å². The second-order valence-corrected chi connectivity index (χ2v) is 7.64. The summed E-state index contributed by atoms with van der Waals surface area (Å²) < 4.78 is 5.61. The van der Waals surface area contributed by atoms with E-state index in [1.54, 1.807) is 5.57 Å². The first kappa shape index (κ1) is 15.8. The summed E-state index contributed by atoms with van der Waals surface area (Å²) in [6, 6.07) is 0. The first-order chi connectivity index (χ1) is 10.6. The predicted molar refractivity (Wildman–Crippen MR) is 88.6 cm³/mol. The normalized spacial score (nSPS) is 33.9. The third-order valence-corrected chi connectivity index (χ3v) is 5.82.